The largest absolute Gasteiger partial charge is 0.368 e. The number of aromatic nitrogens is 2. The van der Waals surface area contributed by atoms with E-state index in [1.807, 2.05) is 0 Å². The van der Waals surface area contributed by atoms with E-state index in [2.05, 4.69) is 15.3 Å². The zero-order chi connectivity index (χ0) is 15.0. The molecule has 1 atom stereocenters. The van der Waals surface area contributed by atoms with E-state index < -0.39 is 9.84 Å². The Balaban J connectivity index is 1.74. The first kappa shape index (κ1) is 14.8. The molecular weight excluding hydrogens is 333 g/mol. The average molecular weight is 346 g/mol. The number of sulfone groups is 1. The minimum absolute atomic E-state index is 0.126. The molecule has 0 unspecified atom stereocenters. The summed E-state index contributed by atoms with van der Waals surface area (Å²) in [6.07, 6.45) is 2.30. The van der Waals surface area contributed by atoms with Gasteiger partial charge in [-0.2, -0.15) is 0 Å². The number of rotatable bonds is 3. The SMILES string of the molecule is O=S1(=O)CC[C@@H](CNc2cnc3cc(Cl)c(Cl)cc3n2)C1. The Labute approximate surface area is 132 Å². The highest BCUT2D eigenvalue weighted by Gasteiger charge is 2.27. The Morgan fingerprint density at radius 2 is 1.95 bits per heavy atom. The molecule has 21 heavy (non-hydrogen) atoms. The van der Waals surface area contributed by atoms with Crippen LogP contribution < -0.4 is 5.32 Å². The lowest BCUT2D eigenvalue weighted by Gasteiger charge is -2.10. The number of nitrogens with one attached hydrogen (secondary N) is 1. The number of hydrogen-bond donors (Lipinski definition) is 1. The topological polar surface area (TPSA) is 72.0 Å². The summed E-state index contributed by atoms with van der Waals surface area (Å²) in [5.74, 6) is 1.24. The fourth-order valence-corrected chi connectivity index (χ4v) is 4.55. The van der Waals surface area contributed by atoms with E-state index in [9.17, 15) is 8.42 Å². The van der Waals surface area contributed by atoms with Gasteiger partial charge < -0.3 is 5.32 Å². The molecule has 112 valence electrons. The number of nitrogens with zero attached hydrogens (tertiary/aromatic N) is 2. The zero-order valence-electron chi connectivity index (χ0n) is 11.0. The molecule has 0 bridgehead atoms. The van der Waals surface area contributed by atoms with Gasteiger partial charge >= 0.3 is 0 Å². The Morgan fingerprint density at radius 3 is 2.62 bits per heavy atom. The Morgan fingerprint density at radius 1 is 1.24 bits per heavy atom. The van der Waals surface area contributed by atoms with Crippen molar-refractivity contribution < 1.29 is 8.42 Å². The van der Waals surface area contributed by atoms with Gasteiger partial charge in [0.05, 0.1) is 38.8 Å². The van der Waals surface area contributed by atoms with Crippen LogP contribution in [-0.4, -0.2) is 36.4 Å². The van der Waals surface area contributed by atoms with E-state index in [4.69, 9.17) is 23.2 Å². The number of hydrogen-bond acceptors (Lipinski definition) is 5. The summed E-state index contributed by atoms with van der Waals surface area (Å²) in [4.78, 5) is 8.68. The minimum atomic E-state index is -2.85. The third-order valence-corrected chi connectivity index (χ3v) is 6.04. The van der Waals surface area contributed by atoms with Gasteiger partial charge in [-0.05, 0) is 24.5 Å². The second kappa shape index (κ2) is 5.59. The average Bonchev–Trinajstić information content (AvgIpc) is 2.77. The van der Waals surface area contributed by atoms with Crippen LogP contribution in [0.1, 0.15) is 6.42 Å². The molecule has 2 aromatic rings. The third kappa shape index (κ3) is 3.39. The first-order valence-electron chi connectivity index (χ1n) is 6.49. The van der Waals surface area contributed by atoms with Gasteiger partial charge in [0, 0.05) is 6.54 Å². The van der Waals surface area contributed by atoms with E-state index in [0.29, 0.717) is 39.9 Å². The fourth-order valence-electron chi connectivity index (χ4n) is 2.38. The van der Waals surface area contributed by atoms with Gasteiger partial charge in [-0.3, -0.25) is 4.98 Å². The molecule has 1 N–H and O–H groups in total. The van der Waals surface area contributed by atoms with E-state index in [1.54, 1.807) is 18.3 Å². The van der Waals surface area contributed by atoms with Crippen LogP contribution in [0.25, 0.3) is 11.0 Å². The van der Waals surface area contributed by atoms with E-state index in [1.165, 1.54) is 0 Å². The summed E-state index contributed by atoms with van der Waals surface area (Å²) in [6, 6.07) is 3.33. The lowest BCUT2D eigenvalue weighted by molar-refractivity contribution is 0.595. The summed E-state index contributed by atoms with van der Waals surface area (Å²) in [5.41, 5.74) is 1.31. The molecule has 1 aromatic carbocycles. The maximum absolute atomic E-state index is 11.4. The molecule has 0 aliphatic carbocycles. The summed E-state index contributed by atoms with van der Waals surface area (Å²) < 4.78 is 22.8. The standard InChI is InChI=1S/C13H13Cl2N3O2S/c14-9-3-11-12(4-10(9)15)18-13(6-16-11)17-5-8-1-2-21(19,20)7-8/h3-4,6,8H,1-2,5,7H2,(H,17,18)/t8-/m0/s1. The van der Waals surface area contributed by atoms with Crippen LogP contribution in [0.2, 0.25) is 10.0 Å². The lowest BCUT2D eigenvalue weighted by atomic mass is 10.1. The monoisotopic (exact) mass is 345 g/mol. The van der Waals surface area contributed by atoms with Gasteiger partial charge in [-0.25, -0.2) is 13.4 Å². The molecule has 2 heterocycles. The zero-order valence-corrected chi connectivity index (χ0v) is 13.3. The molecule has 0 amide bonds. The summed E-state index contributed by atoms with van der Waals surface area (Å²) in [7, 11) is -2.85. The van der Waals surface area contributed by atoms with Crippen LogP contribution in [0.15, 0.2) is 18.3 Å². The van der Waals surface area contributed by atoms with Crippen LogP contribution in [-0.2, 0) is 9.84 Å². The molecule has 5 nitrogen and oxygen atoms in total. The van der Waals surface area contributed by atoms with Crippen molar-refractivity contribution >= 4 is 49.9 Å². The number of benzene rings is 1. The van der Waals surface area contributed by atoms with E-state index in [-0.39, 0.29) is 17.4 Å². The molecule has 8 heteroatoms. The van der Waals surface area contributed by atoms with Gasteiger partial charge in [-0.1, -0.05) is 23.2 Å². The summed E-state index contributed by atoms with van der Waals surface area (Å²) in [5, 5.41) is 4.00. The highest BCUT2D eigenvalue weighted by molar-refractivity contribution is 7.91. The quantitative estimate of drug-likeness (QED) is 0.925. The first-order chi connectivity index (χ1) is 9.93. The van der Waals surface area contributed by atoms with Crippen LogP contribution in [0.4, 0.5) is 5.82 Å². The van der Waals surface area contributed by atoms with Crippen LogP contribution in [0.3, 0.4) is 0 Å². The molecule has 1 fully saturated rings. The smallest absolute Gasteiger partial charge is 0.150 e. The number of halogens is 2. The molecule has 1 saturated heterocycles. The van der Waals surface area contributed by atoms with Crippen LogP contribution in [0, 0.1) is 5.92 Å². The summed E-state index contributed by atoms with van der Waals surface area (Å²) >= 11 is 11.9. The van der Waals surface area contributed by atoms with Crippen molar-refractivity contribution in [2.24, 2.45) is 5.92 Å². The van der Waals surface area contributed by atoms with Crippen molar-refractivity contribution in [1.29, 1.82) is 0 Å². The molecule has 1 aromatic heterocycles. The number of fused-ring (bicyclic) bond motifs is 1. The van der Waals surface area contributed by atoms with Crippen LogP contribution in [0.5, 0.6) is 0 Å². The predicted octanol–water partition coefficient (Wildman–Crippen LogP) is 2.78. The van der Waals surface area contributed by atoms with Crippen molar-refractivity contribution in [1.82, 2.24) is 9.97 Å². The first-order valence-corrected chi connectivity index (χ1v) is 9.07. The van der Waals surface area contributed by atoms with Crippen molar-refractivity contribution in [3.8, 4) is 0 Å². The van der Waals surface area contributed by atoms with Gasteiger partial charge in [0.1, 0.15) is 5.82 Å². The maximum atomic E-state index is 11.4. The van der Waals surface area contributed by atoms with Gasteiger partial charge in [0.15, 0.2) is 9.84 Å². The van der Waals surface area contributed by atoms with E-state index >= 15 is 0 Å². The summed E-state index contributed by atoms with van der Waals surface area (Å²) in [6.45, 7) is 0.570. The fraction of sp³-hybridized carbons (Fsp3) is 0.385. The van der Waals surface area contributed by atoms with Crippen LogP contribution >= 0.6 is 23.2 Å². The molecule has 1 aliphatic heterocycles. The van der Waals surface area contributed by atoms with Crippen molar-refractivity contribution in [3.05, 3.63) is 28.4 Å². The van der Waals surface area contributed by atoms with Crippen molar-refractivity contribution in [2.75, 3.05) is 23.4 Å². The molecule has 0 spiro atoms. The Bertz CT molecular complexity index is 795. The highest BCUT2D eigenvalue weighted by Crippen LogP contribution is 2.26. The molecule has 1 aliphatic rings. The highest BCUT2D eigenvalue weighted by atomic mass is 35.5. The van der Waals surface area contributed by atoms with Gasteiger partial charge in [0.25, 0.3) is 0 Å². The Hall–Kier alpha value is -1.11. The molecule has 3 rings (SSSR count). The minimum Gasteiger partial charge on any atom is -0.368 e. The second-order valence-corrected chi connectivity index (χ2v) is 8.20. The maximum Gasteiger partial charge on any atom is 0.150 e. The van der Waals surface area contributed by atoms with E-state index in [0.717, 1.165) is 0 Å². The third-order valence-electron chi connectivity index (χ3n) is 3.48. The number of anilines is 1. The molecule has 0 saturated carbocycles. The van der Waals surface area contributed by atoms with Gasteiger partial charge in [-0.15, -0.1) is 0 Å². The second-order valence-electron chi connectivity index (χ2n) is 5.16. The lowest BCUT2D eigenvalue weighted by Crippen LogP contribution is -2.16. The molecule has 0 radical (unpaired) electrons. The van der Waals surface area contributed by atoms with Crippen molar-refractivity contribution in [3.63, 3.8) is 0 Å². The normalized spacial score (nSPS) is 20.8. The molecular formula is C13H13Cl2N3O2S. The van der Waals surface area contributed by atoms with Gasteiger partial charge in [0.2, 0.25) is 0 Å². The Kier molecular flexibility index (Phi) is 3.94. The van der Waals surface area contributed by atoms with Crippen molar-refractivity contribution in [2.45, 2.75) is 6.42 Å². The predicted molar refractivity (Wildman–Crippen MR) is 84.8 cm³/mol.